The van der Waals surface area contributed by atoms with Crippen LogP contribution in [0.4, 0.5) is 8.78 Å². The number of hydrogen-bond donors (Lipinski definition) is 2. The van der Waals surface area contributed by atoms with E-state index in [1.54, 1.807) is 42.5 Å². The molecule has 2 fully saturated rings. The number of amides is 3. The molecule has 0 saturated carbocycles. The Labute approximate surface area is 274 Å². The molecule has 2 N–H and O–H groups in total. The van der Waals surface area contributed by atoms with Gasteiger partial charge in [-0.3, -0.25) is 24.2 Å². The number of nitrogens with one attached hydrogen (secondary N) is 2. The molecule has 0 aliphatic carbocycles. The van der Waals surface area contributed by atoms with E-state index in [0.29, 0.717) is 39.2 Å². The van der Waals surface area contributed by atoms with Crippen molar-refractivity contribution in [2.45, 2.75) is 50.7 Å². The Balaban J connectivity index is 1.05. The maximum absolute atomic E-state index is 14.5. The summed E-state index contributed by atoms with van der Waals surface area (Å²) in [7, 11) is 0. The summed E-state index contributed by atoms with van der Waals surface area (Å²) in [6.07, 6.45) is 5.02. The normalized spacial score (nSPS) is 17.8. The number of hydrogen-bond acceptors (Lipinski definition) is 9. The molecule has 3 amide bonds. The summed E-state index contributed by atoms with van der Waals surface area (Å²) >= 11 is 0. The third-order valence-electron chi connectivity index (χ3n) is 8.62. The summed E-state index contributed by atoms with van der Waals surface area (Å²) in [5.41, 5.74) is 1.91. The first kappa shape index (κ1) is 32.9. The molecule has 2 aliphatic rings. The van der Waals surface area contributed by atoms with Gasteiger partial charge in [-0.25, -0.2) is 13.5 Å². The number of likely N-dealkylation sites (tertiary alicyclic amines) is 2. The van der Waals surface area contributed by atoms with Crippen molar-refractivity contribution in [3.05, 3.63) is 60.3 Å². The Morgan fingerprint density at radius 3 is 2.62 bits per heavy atom. The van der Waals surface area contributed by atoms with Gasteiger partial charge in [0, 0.05) is 24.5 Å². The highest BCUT2D eigenvalue weighted by Crippen LogP contribution is 2.32. The van der Waals surface area contributed by atoms with Crippen molar-refractivity contribution in [3.63, 3.8) is 0 Å². The Morgan fingerprint density at radius 1 is 0.979 bits per heavy atom. The third kappa shape index (κ3) is 7.56. The molecule has 0 bridgehead atoms. The van der Waals surface area contributed by atoms with Gasteiger partial charge in [-0.1, -0.05) is 23.8 Å². The number of alkyl halides is 2. The fourth-order valence-corrected chi connectivity index (χ4v) is 6.16. The van der Waals surface area contributed by atoms with Crippen LogP contribution in [0, 0.1) is 0 Å². The van der Waals surface area contributed by atoms with Crippen molar-refractivity contribution in [1.82, 2.24) is 40.4 Å². The smallest absolute Gasteiger partial charge is 0.291 e. The first-order chi connectivity index (χ1) is 23.2. The second kappa shape index (κ2) is 14.4. The molecule has 0 unspecified atom stereocenters. The molecule has 4 aromatic rings. The number of halogens is 2. The predicted octanol–water partition coefficient (Wildman–Crippen LogP) is 2.54. The fraction of sp³-hybridized carbons (Fsp3) is 0.424. The zero-order chi connectivity index (χ0) is 33.7. The van der Waals surface area contributed by atoms with Crippen molar-refractivity contribution in [1.29, 1.82) is 0 Å². The molecule has 4 heterocycles. The molecule has 15 heteroatoms. The summed E-state index contributed by atoms with van der Waals surface area (Å²) in [6.45, 7) is 1.72. The van der Waals surface area contributed by atoms with Crippen molar-refractivity contribution in [2.24, 2.45) is 0 Å². The second-order valence-electron chi connectivity index (χ2n) is 12.0. The lowest BCUT2D eigenvalue weighted by molar-refractivity contribution is -0.144. The topological polar surface area (TPSA) is 152 Å². The van der Waals surface area contributed by atoms with Crippen molar-refractivity contribution in [3.8, 4) is 5.75 Å². The van der Waals surface area contributed by atoms with E-state index in [9.17, 15) is 28.0 Å². The lowest BCUT2D eigenvalue weighted by Gasteiger charge is -2.26. The summed E-state index contributed by atoms with van der Waals surface area (Å²) in [5, 5.41) is 13.2. The maximum atomic E-state index is 14.5. The molecule has 252 valence electrons. The minimum atomic E-state index is -3.39. The number of carbonyl (C=O) groups excluding carboxylic acids is 4. The minimum absolute atomic E-state index is 0.214. The first-order valence-electron chi connectivity index (χ1n) is 16.0. The van der Waals surface area contributed by atoms with Gasteiger partial charge in [0.05, 0.1) is 36.3 Å². The van der Waals surface area contributed by atoms with Gasteiger partial charge in [0.15, 0.2) is 0 Å². The van der Waals surface area contributed by atoms with Gasteiger partial charge in [-0.05, 0) is 68.8 Å². The lowest BCUT2D eigenvalue weighted by Crippen LogP contribution is -2.49. The van der Waals surface area contributed by atoms with Crippen LogP contribution in [-0.2, 0) is 21.1 Å². The number of rotatable bonds is 12. The van der Waals surface area contributed by atoms with Gasteiger partial charge in [0.1, 0.15) is 24.0 Å². The second-order valence-corrected chi connectivity index (χ2v) is 12.0. The molecule has 2 aromatic carbocycles. The molecule has 0 spiro atoms. The van der Waals surface area contributed by atoms with Crippen molar-refractivity contribution < 1.29 is 32.7 Å². The molecular weight excluding hydrogens is 626 g/mol. The number of fused-ring (bicyclic) bond motifs is 2. The zero-order valence-electron chi connectivity index (χ0n) is 26.2. The monoisotopic (exact) mass is 662 g/mol. The Kier molecular flexibility index (Phi) is 9.85. The average Bonchev–Trinajstić information content (AvgIpc) is 3.67. The lowest BCUT2D eigenvalue weighted by atomic mass is 10.1. The number of para-hydroxylation sites is 1. The van der Waals surface area contributed by atoms with Gasteiger partial charge in [0.25, 0.3) is 17.7 Å². The zero-order valence-corrected chi connectivity index (χ0v) is 26.2. The van der Waals surface area contributed by atoms with Crippen LogP contribution in [0.3, 0.4) is 0 Å². The van der Waals surface area contributed by atoms with Gasteiger partial charge in [-0.2, -0.15) is 0 Å². The molecule has 2 aliphatic heterocycles. The standard InChI is InChI=1S/C33H36F2N8O5/c34-33(35)18-28(30(45)32(47)38-21-43-27-8-3-2-7-26(27)39-40-43)42(20-33)29(44)19-37-31(46)23-11-12-36-25-10-9-22(17-24(23)25)48-16-6-15-41-13-4-1-5-14-41/h2-3,7-12,17,28H,1,4-6,13-16,18-21H2,(H,37,46)(H,38,47)/t28-/m0/s1. The van der Waals surface area contributed by atoms with E-state index in [-0.39, 0.29) is 12.2 Å². The number of nitrogens with zero attached hydrogens (tertiary/aromatic N) is 6. The van der Waals surface area contributed by atoms with E-state index < -0.39 is 55.0 Å². The van der Waals surface area contributed by atoms with Crippen LogP contribution < -0.4 is 15.4 Å². The van der Waals surface area contributed by atoms with E-state index in [2.05, 4.69) is 30.8 Å². The number of ether oxygens (including phenoxy) is 1. The van der Waals surface area contributed by atoms with Crippen LogP contribution in [-0.4, -0.2) is 105 Å². The Hall–Kier alpha value is -5.05. The highest BCUT2D eigenvalue weighted by Gasteiger charge is 2.51. The van der Waals surface area contributed by atoms with E-state index in [0.717, 1.165) is 26.1 Å². The molecule has 6 rings (SSSR count). The van der Waals surface area contributed by atoms with Gasteiger partial charge < -0.3 is 25.2 Å². The summed E-state index contributed by atoms with van der Waals surface area (Å²) in [6, 6.07) is 11.9. The number of ketones is 1. The Morgan fingerprint density at radius 2 is 1.79 bits per heavy atom. The summed E-state index contributed by atoms with van der Waals surface area (Å²) < 4.78 is 36.3. The van der Waals surface area contributed by atoms with E-state index in [4.69, 9.17) is 4.74 Å². The van der Waals surface area contributed by atoms with Crippen LogP contribution in [0.1, 0.15) is 42.5 Å². The fourth-order valence-electron chi connectivity index (χ4n) is 6.16. The van der Waals surface area contributed by atoms with Crippen LogP contribution in [0.15, 0.2) is 54.7 Å². The number of aromatic nitrogens is 4. The minimum Gasteiger partial charge on any atom is -0.494 e. The predicted molar refractivity (Wildman–Crippen MR) is 170 cm³/mol. The van der Waals surface area contributed by atoms with Crippen LogP contribution in [0.2, 0.25) is 0 Å². The van der Waals surface area contributed by atoms with Gasteiger partial charge in [0.2, 0.25) is 11.7 Å². The molecule has 2 aromatic heterocycles. The van der Waals surface area contributed by atoms with E-state index >= 15 is 0 Å². The number of benzene rings is 2. The maximum Gasteiger partial charge on any atom is 0.291 e. The highest BCUT2D eigenvalue weighted by atomic mass is 19.3. The van der Waals surface area contributed by atoms with Crippen molar-refractivity contribution in [2.75, 3.05) is 39.3 Å². The van der Waals surface area contributed by atoms with E-state index in [1.165, 1.54) is 36.2 Å². The molecule has 1 atom stereocenters. The molecule has 0 radical (unpaired) electrons. The average molecular weight is 663 g/mol. The van der Waals surface area contributed by atoms with Gasteiger partial charge in [-0.15, -0.1) is 5.10 Å². The number of pyridine rings is 1. The number of Topliss-reactive ketones (excluding diaryl/α,β-unsaturated/α-hetero) is 1. The van der Waals surface area contributed by atoms with Crippen molar-refractivity contribution >= 4 is 45.4 Å². The van der Waals surface area contributed by atoms with Gasteiger partial charge >= 0.3 is 0 Å². The largest absolute Gasteiger partial charge is 0.494 e. The quantitative estimate of drug-likeness (QED) is 0.172. The highest BCUT2D eigenvalue weighted by molar-refractivity contribution is 6.38. The number of carbonyl (C=O) groups is 4. The summed E-state index contributed by atoms with van der Waals surface area (Å²) in [4.78, 5) is 59.4. The molecule has 13 nitrogen and oxygen atoms in total. The third-order valence-corrected chi connectivity index (χ3v) is 8.62. The number of piperidine rings is 1. The first-order valence-corrected chi connectivity index (χ1v) is 16.0. The van der Waals surface area contributed by atoms with E-state index in [1.807, 2.05) is 0 Å². The molecule has 2 saturated heterocycles. The van der Waals surface area contributed by atoms with Crippen LogP contribution >= 0.6 is 0 Å². The SMILES string of the molecule is O=C(NCn1nnc2ccccc21)C(=O)[C@@H]1CC(F)(F)CN1C(=O)CNC(=O)c1ccnc2ccc(OCCCN3CCCCC3)cc12. The van der Waals surface area contributed by atoms with Crippen LogP contribution in [0.25, 0.3) is 21.9 Å². The molecule has 48 heavy (non-hydrogen) atoms. The molecular formula is C33H36F2N8O5. The Bertz CT molecular complexity index is 1830. The summed E-state index contributed by atoms with van der Waals surface area (Å²) in [5.74, 6) is -6.73. The van der Waals surface area contributed by atoms with Crippen LogP contribution in [0.5, 0.6) is 5.75 Å².